The maximum absolute atomic E-state index is 14.3. The van der Waals surface area contributed by atoms with E-state index in [1.807, 2.05) is 11.0 Å². The fourth-order valence-electron chi connectivity index (χ4n) is 5.10. The highest BCUT2D eigenvalue weighted by molar-refractivity contribution is 8.00. The number of carbonyl (C=O) groups is 2. The third kappa shape index (κ3) is 7.88. The molecule has 1 aromatic carbocycles. The molecule has 2 aliphatic rings. The summed E-state index contributed by atoms with van der Waals surface area (Å²) < 4.78 is 58.6. The van der Waals surface area contributed by atoms with Crippen molar-refractivity contribution >= 4 is 58.4 Å². The number of thioether (sulfide) groups is 1. The van der Waals surface area contributed by atoms with Crippen LogP contribution in [0.2, 0.25) is 10.0 Å². The number of methoxy groups -OCH3 is 1. The Kier molecular flexibility index (Phi) is 11.2. The zero-order valence-corrected chi connectivity index (χ0v) is 28.1. The van der Waals surface area contributed by atoms with E-state index in [4.69, 9.17) is 46.9 Å². The molecule has 0 spiro atoms. The van der Waals surface area contributed by atoms with E-state index in [1.165, 1.54) is 43.6 Å². The summed E-state index contributed by atoms with van der Waals surface area (Å²) in [7, 11) is 1.46. The Bertz CT molecular complexity index is 1780. The number of morpholine rings is 1. The van der Waals surface area contributed by atoms with E-state index in [9.17, 15) is 23.6 Å². The quantitative estimate of drug-likeness (QED) is 0.207. The second-order valence-electron chi connectivity index (χ2n) is 10.6. The van der Waals surface area contributed by atoms with Crippen molar-refractivity contribution in [1.82, 2.24) is 20.0 Å². The predicted molar refractivity (Wildman–Crippen MR) is 169 cm³/mol. The maximum Gasteiger partial charge on any atom is 0.307 e. The van der Waals surface area contributed by atoms with Crippen molar-refractivity contribution < 1.29 is 42.1 Å². The zero-order chi connectivity index (χ0) is 34.6. The Balaban J connectivity index is 1.64. The molecule has 1 fully saturated rings. The largest absolute Gasteiger partial charge is 0.463 e. The number of rotatable bonds is 10. The molecule has 0 saturated carbocycles. The summed E-state index contributed by atoms with van der Waals surface area (Å²) in [5.74, 6) is -2.88. The summed E-state index contributed by atoms with van der Waals surface area (Å²) in [4.78, 5) is 29.9. The van der Waals surface area contributed by atoms with Crippen molar-refractivity contribution in [2.75, 3.05) is 51.5 Å². The molecule has 1 saturated heterocycles. The Morgan fingerprint density at radius 2 is 1.88 bits per heavy atom. The topological polar surface area (TPSA) is 151 Å². The number of aromatic nitrogens is 4. The molecule has 0 bridgehead atoms. The molecule has 0 N–H and O–H groups in total. The van der Waals surface area contributed by atoms with Gasteiger partial charge in [-0.05, 0) is 18.2 Å². The van der Waals surface area contributed by atoms with Crippen molar-refractivity contribution in [2.24, 2.45) is 0 Å². The molecular formula is C30H28Cl2F2N6O7S. The number of ether oxygens (including phenoxy) is 5. The van der Waals surface area contributed by atoms with Gasteiger partial charge < -0.3 is 28.6 Å². The van der Waals surface area contributed by atoms with Crippen molar-refractivity contribution in [3.8, 4) is 17.3 Å². The summed E-state index contributed by atoms with van der Waals surface area (Å²) in [6, 6.07) is 5.63. The molecule has 2 unspecified atom stereocenters. The van der Waals surface area contributed by atoms with E-state index in [2.05, 4.69) is 15.3 Å². The number of benzene rings is 1. The minimum Gasteiger partial charge on any atom is -0.463 e. The van der Waals surface area contributed by atoms with Crippen LogP contribution in [0.3, 0.4) is 0 Å². The Labute approximate surface area is 287 Å². The number of pyridine rings is 1. The lowest BCUT2D eigenvalue weighted by molar-refractivity contribution is -0.154. The third-order valence-corrected chi connectivity index (χ3v) is 9.01. The first-order chi connectivity index (χ1) is 22.9. The summed E-state index contributed by atoms with van der Waals surface area (Å²) in [5.41, 5.74) is 0.394. The van der Waals surface area contributed by atoms with Gasteiger partial charge >= 0.3 is 11.9 Å². The van der Waals surface area contributed by atoms with Gasteiger partial charge in [-0.3, -0.25) is 9.59 Å². The summed E-state index contributed by atoms with van der Waals surface area (Å²) in [6.45, 7) is 3.83. The molecule has 254 valence electrons. The van der Waals surface area contributed by atoms with Crippen LogP contribution in [0.15, 0.2) is 35.1 Å². The average molecular weight is 726 g/mol. The van der Waals surface area contributed by atoms with Gasteiger partial charge in [0.15, 0.2) is 17.6 Å². The van der Waals surface area contributed by atoms with Gasteiger partial charge in [-0.15, -0.1) is 5.10 Å². The third-order valence-electron chi connectivity index (χ3n) is 7.11. The second-order valence-corrected chi connectivity index (χ2v) is 12.8. The van der Waals surface area contributed by atoms with Gasteiger partial charge in [-0.1, -0.05) is 40.2 Å². The number of hydrogen-bond donors (Lipinski definition) is 0. The van der Waals surface area contributed by atoms with Gasteiger partial charge in [-0.2, -0.15) is 5.26 Å². The molecule has 2 atom stereocenters. The average Bonchev–Trinajstić information content (AvgIpc) is 3.54. The van der Waals surface area contributed by atoms with Crippen LogP contribution in [0.25, 0.3) is 17.0 Å². The van der Waals surface area contributed by atoms with Gasteiger partial charge in [-0.25, -0.2) is 18.4 Å². The molecule has 48 heavy (non-hydrogen) atoms. The Hall–Kier alpha value is -3.85. The number of halogens is 4. The number of anilines is 1. The van der Waals surface area contributed by atoms with E-state index in [0.717, 1.165) is 12.1 Å². The van der Waals surface area contributed by atoms with Crippen LogP contribution in [0.1, 0.15) is 26.0 Å². The van der Waals surface area contributed by atoms with Gasteiger partial charge in [0.05, 0.1) is 41.6 Å². The molecule has 4 heterocycles. The lowest BCUT2D eigenvalue weighted by atomic mass is 10.1. The van der Waals surface area contributed by atoms with E-state index >= 15 is 0 Å². The molecule has 5 rings (SSSR count). The van der Waals surface area contributed by atoms with Crippen LogP contribution in [0, 0.1) is 23.0 Å². The van der Waals surface area contributed by atoms with Crippen LogP contribution >= 0.6 is 35.0 Å². The SMILES string of the molecule is COCC1(Sc2cc(Cl)c(C#N)nc2N2CCOCC2)CC(n2cc(-c3cc(F)c(Cl)c(F)c3)nn2)=C(OC(C)=O)C(COC(C)=O)O1. The smallest absolute Gasteiger partial charge is 0.307 e. The highest BCUT2D eigenvalue weighted by Gasteiger charge is 2.46. The fraction of sp³-hybridized carbons (Fsp3) is 0.400. The molecule has 0 radical (unpaired) electrons. The van der Waals surface area contributed by atoms with Crippen molar-refractivity contribution in [1.29, 1.82) is 5.26 Å². The Morgan fingerprint density at radius 1 is 1.17 bits per heavy atom. The highest BCUT2D eigenvalue weighted by Crippen LogP contribution is 2.49. The van der Waals surface area contributed by atoms with E-state index in [0.29, 0.717) is 37.0 Å². The van der Waals surface area contributed by atoms with Crippen LogP contribution < -0.4 is 4.90 Å². The lowest BCUT2D eigenvalue weighted by Crippen LogP contribution is -2.46. The maximum atomic E-state index is 14.3. The number of carbonyl (C=O) groups excluding carboxylic acids is 2. The summed E-state index contributed by atoms with van der Waals surface area (Å²) in [5, 5.41) is 17.4. The van der Waals surface area contributed by atoms with Crippen molar-refractivity contribution in [2.45, 2.75) is 36.2 Å². The summed E-state index contributed by atoms with van der Waals surface area (Å²) in [6.07, 6.45) is 0.157. The molecule has 2 aliphatic heterocycles. The molecular weight excluding hydrogens is 697 g/mol. The summed E-state index contributed by atoms with van der Waals surface area (Å²) >= 11 is 13.3. The van der Waals surface area contributed by atoms with E-state index in [-0.39, 0.29) is 53.1 Å². The second kappa shape index (κ2) is 15.1. The lowest BCUT2D eigenvalue weighted by Gasteiger charge is -2.41. The first-order valence-electron chi connectivity index (χ1n) is 14.3. The van der Waals surface area contributed by atoms with Crippen LogP contribution in [-0.4, -0.2) is 89.6 Å². The van der Waals surface area contributed by atoms with Crippen LogP contribution in [0.5, 0.6) is 0 Å². The minimum atomic E-state index is -1.34. The zero-order valence-electron chi connectivity index (χ0n) is 25.8. The predicted octanol–water partition coefficient (Wildman–Crippen LogP) is 4.85. The van der Waals surface area contributed by atoms with Crippen LogP contribution in [-0.2, 0) is 33.3 Å². The van der Waals surface area contributed by atoms with E-state index in [1.54, 1.807) is 6.07 Å². The first-order valence-corrected chi connectivity index (χ1v) is 15.9. The van der Waals surface area contributed by atoms with Gasteiger partial charge in [0.1, 0.15) is 45.8 Å². The van der Waals surface area contributed by atoms with Crippen molar-refractivity contribution in [3.05, 3.63) is 57.5 Å². The molecule has 2 aromatic heterocycles. The van der Waals surface area contributed by atoms with Crippen LogP contribution in [0.4, 0.5) is 14.6 Å². The standard InChI is InChI=1S/C30H28Cl2F2N6O7S/c1-16(41)45-14-25-28(46-17(2)42)24(40-13-23(37-38-40)18-8-20(33)27(32)21(34)9-18)11-30(47-25,15-43-3)48-26-10-19(31)22(12-35)36-29(26)39-4-6-44-7-5-39/h8-10,13,25H,4-7,11,14-15H2,1-3H3. The number of esters is 2. The number of nitrogens with zero attached hydrogens (tertiary/aromatic N) is 6. The number of hydrogen-bond acceptors (Lipinski definition) is 13. The highest BCUT2D eigenvalue weighted by atomic mass is 35.5. The normalized spacial score (nSPS) is 19.6. The minimum absolute atomic E-state index is 0.0311. The number of nitriles is 1. The van der Waals surface area contributed by atoms with Gasteiger partial charge in [0.2, 0.25) is 0 Å². The van der Waals surface area contributed by atoms with Crippen molar-refractivity contribution in [3.63, 3.8) is 0 Å². The van der Waals surface area contributed by atoms with E-state index < -0.39 is 39.6 Å². The Morgan fingerprint density at radius 3 is 2.50 bits per heavy atom. The van der Waals surface area contributed by atoms with Gasteiger partial charge in [0.25, 0.3) is 0 Å². The fourth-order valence-corrected chi connectivity index (χ4v) is 6.86. The molecule has 3 aromatic rings. The molecule has 0 aliphatic carbocycles. The monoisotopic (exact) mass is 724 g/mol. The molecule has 13 nitrogen and oxygen atoms in total. The first kappa shape index (κ1) is 35.5. The molecule has 0 amide bonds. The molecule has 18 heteroatoms. The van der Waals surface area contributed by atoms with Gasteiger partial charge in [0, 0.05) is 46.0 Å².